The quantitative estimate of drug-likeness (QED) is 0.886. The molecular formula is C16H23N3O. The van der Waals surface area contributed by atoms with E-state index in [-0.39, 0.29) is 5.91 Å². The van der Waals surface area contributed by atoms with Gasteiger partial charge in [-0.2, -0.15) is 0 Å². The Morgan fingerprint density at radius 3 is 2.95 bits per heavy atom. The van der Waals surface area contributed by atoms with Crippen molar-refractivity contribution in [2.24, 2.45) is 0 Å². The van der Waals surface area contributed by atoms with E-state index in [2.05, 4.69) is 27.7 Å². The van der Waals surface area contributed by atoms with Crippen LogP contribution in [0.15, 0.2) is 18.2 Å². The largest absolute Gasteiger partial charge is 0.385 e. The summed E-state index contributed by atoms with van der Waals surface area (Å²) in [6.07, 6.45) is 5.41. The number of carbonyl (C=O) groups is 1. The van der Waals surface area contributed by atoms with E-state index in [4.69, 9.17) is 0 Å². The second-order valence-corrected chi connectivity index (χ2v) is 5.75. The number of nitrogens with one attached hydrogen (secondary N) is 2. The number of carbonyl (C=O) groups excluding carboxylic acids is 1. The summed E-state index contributed by atoms with van der Waals surface area (Å²) in [5, 5.41) is 6.41. The van der Waals surface area contributed by atoms with E-state index < -0.39 is 0 Å². The highest BCUT2D eigenvalue weighted by atomic mass is 16.1. The van der Waals surface area contributed by atoms with Gasteiger partial charge in [-0.1, -0.05) is 0 Å². The molecule has 0 bridgehead atoms. The second-order valence-electron chi connectivity index (χ2n) is 5.75. The first-order chi connectivity index (χ1) is 9.81. The Morgan fingerprint density at radius 1 is 1.25 bits per heavy atom. The topological polar surface area (TPSA) is 44.4 Å². The van der Waals surface area contributed by atoms with Gasteiger partial charge in [0.05, 0.1) is 0 Å². The van der Waals surface area contributed by atoms with Crippen LogP contribution >= 0.6 is 0 Å². The Labute approximate surface area is 120 Å². The number of amides is 1. The zero-order valence-electron chi connectivity index (χ0n) is 12.0. The van der Waals surface area contributed by atoms with Crippen LogP contribution in [0.4, 0.5) is 11.4 Å². The zero-order valence-corrected chi connectivity index (χ0v) is 12.0. The average molecular weight is 273 g/mol. The third kappa shape index (κ3) is 3.31. The Morgan fingerprint density at radius 2 is 2.10 bits per heavy atom. The fourth-order valence-corrected chi connectivity index (χ4v) is 3.04. The number of nitrogens with zero attached hydrogens (tertiary/aromatic N) is 1. The van der Waals surface area contributed by atoms with Crippen LogP contribution in [0.1, 0.15) is 31.2 Å². The number of rotatable bonds is 4. The normalized spacial score (nSPS) is 18.4. The molecule has 0 unspecified atom stereocenters. The Bertz CT molecular complexity index is 481. The molecule has 1 saturated heterocycles. The molecule has 0 radical (unpaired) electrons. The summed E-state index contributed by atoms with van der Waals surface area (Å²) in [6, 6.07) is 6.17. The van der Waals surface area contributed by atoms with Crippen LogP contribution in [-0.4, -0.2) is 37.0 Å². The van der Waals surface area contributed by atoms with Crippen LogP contribution in [0.2, 0.25) is 0 Å². The number of anilines is 2. The van der Waals surface area contributed by atoms with E-state index in [1.807, 2.05) is 6.07 Å². The summed E-state index contributed by atoms with van der Waals surface area (Å²) < 4.78 is 0. The molecule has 0 aromatic heterocycles. The molecule has 108 valence electrons. The van der Waals surface area contributed by atoms with Crippen molar-refractivity contribution in [2.45, 2.75) is 32.1 Å². The van der Waals surface area contributed by atoms with Gasteiger partial charge >= 0.3 is 0 Å². The fraction of sp³-hybridized carbons (Fsp3) is 0.562. The van der Waals surface area contributed by atoms with Crippen LogP contribution in [0.25, 0.3) is 0 Å². The van der Waals surface area contributed by atoms with Gasteiger partial charge in [-0.15, -0.1) is 0 Å². The molecule has 0 aliphatic carbocycles. The molecule has 4 nitrogen and oxygen atoms in total. The maximum absolute atomic E-state index is 12.0. The molecule has 1 aromatic carbocycles. The van der Waals surface area contributed by atoms with Crippen LogP contribution in [-0.2, 0) is 11.2 Å². The molecule has 2 N–H and O–H groups in total. The van der Waals surface area contributed by atoms with Crippen LogP contribution < -0.4 is 10.6 Å². The molecule has 0 atom stereocenters. The second kappa shape index (κ2) is 6.27. The highest BCUT2D eigenvalue weighted by molar-refractivity contribution is 5.91. The van der Waals surface area contributed by atoms with Gasteiger partial charge in [-0.05, 0) is 62.5 Å². The predicted molar refractivity (Wildman–Crippen MR) is 82.2 cm³/mol. The average Bonchev–Trinajstić information content (AvgIpc) is 2.98. The molecule has 1 aromatic rings. The smallest absolute Gasteiger partial charge is 0.225 e. The summed E-state index contributed by atoms with van der Waals surface area (Å²) in [5.41, 5.74) is 3.46. The summed E-state index contributed by atoms with van der Waals surface area (Å²) in [7, 11) is 0. The van der Waals surface area contributed by atoms with Gasteiger partial charge in [0.1, 0.15) is 0 Å². The first kappa shape index (κ1) is 13.4. The lowest BCUT2D eigenvalue weighted by Crippen LogP contribution is -2.25. The van der Waals surface area contributed by atoms with E-state index in [0.29, 0.717) is 6.42 Å². The van der Waals surface area contributed by atoms with Crippen molar-refractivity contribution < 1.29 is 4.79 Å². The highest BCUT2D eigenvalue weighted by Crippen LogP contribution is 2.25. The van der Waals surface area contributed by atoms with Gasteiger partial charge in [0, 0.05) is 30.9 Å². The van der Waals surface area contributed by atoms with E-state index in [1.54, 1.807) is 0 Å². The number of hydrogen-bond acceptors (Lipinski definition) is 3. The van der Waals surface area contributed by atoms with Crippen molar-refractivity contribution in [1.29, 1.82) is 0 Å². The highest BCUT2D eigenvalue weighted by Gasteiger charge is 2.13. The van der Waals surface area contributed by atoms with E-state index in [1.165, 1.54) is 30.5 Å². The molecule has 20 heavy (non-hydrogen) atoms. The van der Waals surface area contributed by atoms with Crippen molar-refractivity contribution in [2.75, 3.05) is 36.8 Å². The molecular weight excluding hydrogens is 250 g/mol. The third-order valence-corrected chi connectivity index (χ3v) is 4.18. The van der Waals surface area contributed by atoms with E-state index in [9.17, 15) is 4.79 Å². The zero-order chi connectivity index (χ0) is 13.8. The van der Waals surface area contributed by atoms with Gasteiger partial charge in [0.15, 0.2) is 0 Å². The lowest BCUT2D eigenvalue weighted by atomic mass is 10.0. The monoisotopic (exact) mass is 273 g/mol. The number of likely N-dealkylation sites (tertiary alicyclic amines) is 1. The van der Waals surface area contributed by atoms with Gasteiger partial charge in [0.2, 0.25) is 5.91 Å². The molecule has 1 fully saturated rings. The Hall–Kier alpha value is -1.55. The Kier molecular flexibility index (Phi) is 4.21. The first-order valence-corrected chi connectivity index (χ1v) is 7.70. The van der Waals surface area contributed by atoms with Crippen LogP contribution in [0.3, 0.4) is 0 Å². The molecule has 2 aliphatic heterocycles. The molecule has 0 spiro atoms. The maximum Gasteiger partial charge on any atom is 0.225 e. The number of aryl methyl sites for hydroxylation is 1. The maximum atomic E-state index is 12.0. The van der Waals surface area contributed by atoms with Gasteiger partial charge in [0.25, 0.3) is 0 Å². The molecule has 1 amide bonds. The standard InChI is InChI=1S/C16H23N3O/c20-16(7-11-19-9-1-2-10-19)18-14-5-6-15-13(12-14)4-3-8-17-15/h5-6,12,17H,1-4,7-11H2,(H,18,20). The Balaban J connectivity index is 1.52. The van der Waals surface area contributed by atoms with Crippen LogP contribution in [0, 0.1) is 0 Å². The first-order valence-electron chi connectivity index (χ1n) is 7.70. The van der Waals surface area contributed by atoms with Gasteiger partial charge in [-0.3, -0.25) is 4.79 Å². The fourth-order valence-electron chi connectivity index (χ4n) is 3.04. The minimum Gasteiger partial charge on any atom is -0.385 e. The molecule has 2 aliphatic rings. The predicted octanol–water partition coefficient (Wildman–Crippen LogP) is 2.47. The van der Waals surface area contributed by atoms with Crippen LogP contribution in [0.5, 0.6) is 0 Å². The summed E-state index contributed by atoms with van der Waals surface area (Å²) in [5.74, 6) is 0.126. The minimum absolute atomic E-state index is 0.126. The SMILES string of the molecule is O=C(CCN1CCCC1)Nc1ccc2c(c1)CCCN2. The third-order valence-electron chi connectivity index (χ3n) is 4.18. The van der Waals surface area contributed by atoms with E-state index in [0.717, 1.165) is 38.3 Å². The molecule has 2 heterocycles. The molecule has 0 saturated carbocycles. The minimum atomic E-state index is 0.126. The van der Waals surface area contributed by atoms with Crippen molar-refractivity contribution >= 4 is 17.3 Å². The lowest BCUT2D eigenvalue weighted by Gasteiger charge is -2.19. The van der Waals surface area contributed by atoms with Gasteiger partial charge < -0.3 is 15.5 Å². The summed E-state index contributed by atoms with van der Waals surface area (Å²) in [6.45, 7) is 4.24. The summed E-state index contributed by atoms with van der Waals surface area (Å²) >= 11 is 0. The van der Waals surface area contributed by atoms with E-state index >= 15 is 0 Å². The van der Waals surface area contributed by atoms with Crippen molar-refractivity contribution in [3.63, 3.8) is 0 Å². The lowest BCUT2D eigenvalue weighted by molar-refractivity contribution is -0.116. The number of fused-ring (bicyclic) bond motifs is 1. The summed E-state index contributed by atoms with van der Waals surface area (Å²) in [4.78, 5) is 14.4. The van der Waals surface area contributed by atoms with Crippen molar-refractivity contribution in [1.82, 2.24) is 4.90 Å². The number of hydrogen-bond donors (Lipinski definition) is 2. The molecule has 4 heteroatoms. The molecule has 3 rings (SSSR count). The van der Waals surface area contributed by atoms with Gasteiger partial charge in [-0.25, -0.2) is 0 Å². The number of benzene rings is 1. The van der Waals surface area contributed by atoms with Crippen molar-refractivity contribution in [3.8, 4) is 0 Å². The van der Waals surface area contributed by atoms with Crippen molar-refractivity contribution in [3.05, 3.63) is 23.8 Å².